The molecule has 0 aromatic heterocycles. The molecule has 0 amide bonds. The van der Waals surface area contributed by atoms with E-state index < -0.39 is 9.84 Å². The summed E-state index contributed by atoms with van der Waals surface area (Å²) in [5.41, 5.74) is 8.26. The number of nitrogens with zero attached hydrogens (tertiary/aromatic N) is 1. The molecule has 4 nitrogen and oxygen atoms in total. The molecule has 2 N–H and O–H groups in total. The summed E-state index contributed by atoms with van der Waals surface area (Å²) in [7, 11) is -0.864. The number of anilines is 1. The molecule has 20 heavy (non-hydrogen) atoms. The molecule has 0 aliphatic carbocycles. The zero-order chi connectivity index (χ0) is 14.8. The first kappa shape index (κ1) is 15.3. The molecule has 1 heterocycles. The van der Waals surface area contributed by atoms with Crippen molar-refractivity contribution < 1.29 is 8.42 Å². The zero-order valence-corrected chi connectivity index (χ0v) is 13.1. The molecule has 1 aromatic rings. The van der Waals surface area contributed by atoms with E-state index >= 15 is 0 Å². The molecular weight excluding hydrogens is 272 g/mol. The molecule has 1 aromatic carbocycles. The normalized spacial score (nSPS) is 22.6. The standard InChI is InChI=1S/C15H24N2O2S/c1-3-13(16)10-12-4-6-14(7-5-12)17(2)15-8-9-20(18,19)11-15/h4-7,13,15H,3,8-11,16H2,1-2H3. The minimum atomic E-state index is -2.83. The van der Waals surface area contributed by atoms with E-state index in [0.717, 1.165) is 24.9 Å². The van der Waals surface area contributed by atoms with Gasteiger partial charge in [-0.05, 0) is 37.0 Å². The van der Waals surface area contributed by atoms with E-state index in [2.05, 4.69) is 36.1 Å². The smallest absolute Gasteiger partial charge is 0.152 e. The van der Waals surface area contributed by atoms with Crippen molar-refractivity contribution in [1.82, 2.24) is 0 Å². The van der Waals surface area contributed by atoms with Crippen LogP contribution in [0.3, 0.4) is 0 Å². The van der Waals surface area contributed by atoms with Crippen molar-refractivity contribution in [3.8, 4) is 0 Å². The van der Waals surface area contributed by atoms with Gasteiger partial charge in [-0.3, -0.25) is 0 Å². The lowest BCUT2D eigenvalue weighted by Gasteiger charge is -2.26. The van der Waals surface area contributed by atoms with Crippen LogP contribution in [-0.2, 0) is 16.3 Å². The predicted octanol–water partition coefficient (Wildman–Crippen LogP) is 1.59. The summed E-state index contributed by atoms with van der Waals surface area (Å²) < 4.78 is 23.1. The maximum atomic E-state index is 11.5. The van der Waals surface area contributed by atoms with E-state index in [1.54, 1.807) is 0 Å². The summed E-state index contributed by atoms with van der Waals surface area (Å²) in [6.45, 7) is 2.09. The van der Waals surface area contributed by atoms with Crippen LogP contribution >= 0.6 is 0 Å². The third-order valence-electron chi connectivity index (χ3n) is 4.12. The summed E-state index contributed by atoms with van der Waals surface area (Å²) in [5.74, 6) is 0.581. The van der Waals surface area contributed by atoms with Gasteiger partial charge in [0.05, 0.1) is 11.5 Å². The average molecular weight is 296 g/mol. The molecule has 2 rings (SSSR count). The molecule has 1 aliphatic rings. The second-order valence-electron chi connectivity index (χ2n) is 5.71. The summed E-state index contributed by atoms with van der Waals surface area (Å²) >= 11 is 0. The monoisotopic (exact) mass is 296 g/mol. The Morgan fingerprint density at radius 3 is 2.50 bits per heavy atom. The number of rotatable bonds is 5. The fraction of sp³-hybridized carbons (Fsp3) is 0.600. The summed E-state index contributed by atoms with van der Waals surface area (Å²) in [6.07, 6.45) is 2.58. The maximum Gasteiger partial charge on any atom is 0.152 e. The van der Waals surface area contributed by atoms with Crippen LogP contribution < -0.4 is 10.6 Å². The van der Waals surface area contributed by atoms with Crippen LogP contribution in [0.5, 0.6) is 0 Å². The summed E-state index contributed by atoms with van der Waals surface area (Å²) in [4.78, 5) is 2.08. The lowest BCUT2D eigenvalue weighted by molar-refractivity contribution is 0.601. The molecule has 112 valence electrons. The first-order chi connectivity index (χ1) is 9.41. The van der Waals surface area contributed by atoms with Crippen molar-refractivity contribution in [2.75, 3.05) is 23.5 Å². The Balaban J connectivity index is 2.02. The van der Waals surface area contributed by atoms with Crippen LogP contribution in [-0.4, -0.2) is 39.1 Å². The summed E-state index contributed by atoms with van der Waals surface area (Å²) in [6, 6.07) is 8.60. The Kier molecular flexibility index (Phi) is 4.70. The molecule has 1 fully saturated rings. The Hall–Kier alpha value is -1.07. The van der Waals surface area contributed by atoms with Gasteiger partial charge in [-0.25, -0.2) is 8.42 Å². The van der Waals surface area contributed by atoms with Gasteiger partial charge in [0.2, 0.25) is 0 Å². The molecular formula is C15H24N2O2S. The van der Waals surface area contributed by atoms with Crippen molar-refractivity contribution >= 4 is 15.5 Å². The zero-order valence-electron chi connectivity index (χ0n) is 12.2. The van der Waals surface area contributed by atoms with Crippen molar-refractivity contribution in [3.05, 3.63) is 29.8 Å². The van der Waals surface area contributed by atoms with E-state index in [0.29, 0.717) is 5.75 Å². The molecule has 0 radical (unpaired) electrons. The molecule has 1 saturated heterocycles. The van der Waals surface area contributed by atoms with Gasteiger partial charge in [0.25, 0.3) is 0 Å². The highest BCUT2D eigenvalue weighted by atomic mass is 32.2. The van der Waals surface area contributed by atoms with Crippen molar-refractivity contribution in [2.45, 2.75) is 38.3 Å². The van der Waals surface area contributed by atoms with E-state index in [1.807, 2.05) is 7.05 Å². The van der Waals surface area contributed by atoms with Gasteiger partial charge in [-0.2, -0.15) is 0 Å². The summed E-state index contributed by atoms with van der Waals surface area (Å²) in [5, 5.41) is 0. The Morgan fingerprint density at radius 2 is 2.00 bits per heavy atom. The first-order valence-electron chi connectivity index (χ1n) is 7.19. The van der Waals surface area contributed by atoms with Crippen molar-refractivity contribution in [3.63, 3.8) is 0 Å². The molecule has 1 aliphatic heterocycles. The van der Waals surface area contributed by atoms with E-state index in [9.17, 15) is 8.42 Å². The molecule has 0 bridgehead atoms. The number of sulfone groups is 1. The number of nitrogens with two attached hydrogens (primary N) is 1. The van der Waals surface area contributed by atoms with Crippen LogP contribution in [0.1, 0.15) is 25.3 Å². The van der Waals surface area contributed by atoms with E-state index in [-0.39, 0.29) is 17.8 Å². The van der Waals surface area contributed by atoms with Crippen LogP contribution in [0.2, 0.25) is 0 Å². The first-order valence-corrected chi connectivity index (χ1v) is 9.01. The Morgan fingerprint density at radius 1 is 1.35 bits per heavy atom. The van der Waals surface area contributed by atoms with Gasteiger partial charge in [-0.1, -0.05) is 19.1 Å². The lowest BCUT2D eigenvalue weighted by atomic mass is 10.0. The Labute approximate surface area is 121 Å². The van der Waals surface area contributed by atoms with Crippen LogP contribution in [0.15, 0.2) is 24.3 Å². The lowest BCUT2D eigenvalue weighted by Crippen LogP contribution is -2.32. The minimum absolute atomic E-state index is 0.101. The number of hydrogen-bond donors (Lipinski definition) is 1. The average Bonchev–Trinajstić information content (AvgIpc) is 2.79. The predicted molar refractivity (Wildman–Crippen MR) is 83.9 cm³/mol. The van der Waals surface area contributed by atoms with Crippen LogP contribution in [0.4, 0.5) is 5.69 Å². The van der Waals surface area contributed by atoms with Gasteiger partial charge in [0, 0.05) is 24.8 Å². The molecule has 2 atom stereocenters. The minimum Gasteiger partial charge on any atom is -0.371 e. The van der Waals surface area contributed by atoms with Gasteiger partial charge < -0.3 is 10.6 Å². The van der Waals surface area contributed by atoms with E-state index in [1.165, 1.54) is 5.56 Å². The number of hydrogen-bond acceptors (Lipinski definition) is 4. The molecule has 5 heteroatoms. The maximum absolute atomic E-state index is 11.5. The van der Waals surface area contributed by atoms with Crippen molar-refractivity contribution in [1.29, 1.82) is 0 Å². The fourth-order valence-electron chi connectivity index (χ4n) is 2.61. The van der Waals surface area contributed by atoms with Gasteiger partial charge in [0.15, 0.2) is 9.84 Å². The second-order valence-corrected chi connectivity index (χ2v) is 7.94. The second kappa shape index (κ2) is 6.14. The Bertz CT molecular complexity index is 539. The molecule has 2 unspecified atom stereocenters. The number of benzene rings is 1. The highest BCUT2D eigenvalue weighted by molar-refractivity contribution is 7.91. The van der Waals surface area contributed by atoms with Gasteiger partial charge in [0.1, 0.15) is 0 Å². The topological polar surface area (TPSA) is 63.4 Å². The highest BCUT2D eigenvalue weighted by Crippen LogP contribution is 2.23. The van der Waals surface area contributed by atoms with Crippen LogP contribution in [0, 0.1) is 0 Å². The van der Waals surface area contributed by atoms with Gasteiger partial charge in [-0.15, -0.1) is 0 Å². The third-order valence-corrected chi connectivity index (χ3v) is 5.87. The highest BCUT2D eigenvalue weighted by Gasteiger charge is 2.30. The quantitative estimate of drug-likeness (QED) is 0.896. The third kappa shape index (κ3) is 3.73. The molecule has 0 saturated carbocycles. The van der Waals surface area contributed by atoms with Gasteiger partial charge >= 0.3 is 0 Å². The SMILES string of the molecule is CCC(N)Cc1ccc(N(C)C2CCS(=O)(=O)C2)cc1. The fourth-order valence-corrected chi connectivity index (χ4v) is 4.38. The largest absolute Gasteiger partial charge is 0.371 e. The molecule has 0 spiro atoms. The van der Waals surface area contributed by atoms with E-state index in [4.69, 9.17) is 5.73 Å². The van der Waals surface area contributed by atoms with Crippen LogP contribution in [0.25, 0.3) is 0 Å². The van der Waals surface area contributed by atoms with Crippen molar-refractivity contribution in [2.24, 2.45) is 5.73 Å².